The number of carbonyl (C=O) groups is 1. The quantitative estimate of drug-likeness (QED) is 0.808. The minimum absolute atomic E-state index is 0. The predicted octanol–water partition coefficient (Wildman–Crippen LogP) is 1.80. The van der Waals surface area contributed by atoms with Crippen molar-refractivity contribution in [3.8, 4) is 0 Å². The Morgan fingerprint density at radius 1 is 1.69 bits per heavy atom. The van der Waals surface area contributed by atoms with Gasteiger partial charge in [-0.1, -0.05) is 13.1 Å². The normalized spacial score (nSPS) is 15.5. The van der Waals surface area contributed by atoms with Gasteiger partial charge in [0.25, 0.3) is 6.43 Å². The summed E-state index contributed by atoms with van der Waals surface area (Å²) in [6.07, 6.45) is 1.15. The molecule has 1 N–H and O–H groups in total. The van der Waals surface area contributed by atoms with Crippen molar-refractivity contribution >= 4 is 5.97 Å². The zero-order valence-corrected chi connectivity index (χ0v) is 11.5. The van der Waals surface area contributed by atoms with E-state index in [4.69, 9.17) is 5.11 Å². The van der Waals surface area contributed by atoms with Crippen molar-refractivity contribution in [2.75, 3.05) is 6.54 Å². The van der Waals surface area contributed by atoms with Crippen molar-refractivity contribution in [3.63, 3.8) is 0 Å². The maximum Gasteiger partial charge on any atom is 0.254 e. The molecule has 1 aliphatic heterocycles. The molecule has 6 heteroatoms. The number of aliphatic carboxylic acids is 1. The van der Waals surface area contributed by atoms with E-state index in [0.717, 1.165) is 4.90 Å². The molecular formula is C10H10F2NO2Y-. The van der Waals surface area contributed by atoms with Crippen LogP contribution < -0.4 is 0 Å². The summed E-state index contributed by atoms with van der Waals surface area (Å²) < 4.78 is 24.3. The van der Waals surface area contributed by atoms with Crippen LogP contribution in [0.4, 0.5) is 8.78 Å². The third-order valence-corrected chi connectivity index (χ3v) is 1.95. The van der Waals surface area contributed by atoms with Crippen molar-refractivity contribution in [2.24, 2.45) is 0 Å². The second-order valence-electron chi connectivity index (χ2n) is 3.11. The Bertz CT molecular complexity index is 364. The van der Waals surface area contributed by atoms with E-state index in [9.17, 15) is 13.6 Å². The Kier molecular flexibility index (Phi) is 6.04. The van der Waals surface area contributed by atoms with Crippen LogP contribution in [-0.2, 0) is 37.5 Å². The van der Waals surface area contributed by atoms with Gasteiger partial charge in [-0.15, -0.1) is 18.2 Å². The summed E-state index contributed by atoms with van der Waals surface area (Å²) in [6.45, 7) is 4.60. The molecule has 0 aromatic rings. The van der Waals surface area contributed by atoms with Gasteiger partial charge in [-0.2, -0.15) is 0 Å². The fourth-order valence-corrected chi connectivity index (χ4v) is 1.16. The molecule has 1 radical (unpaired) electrons. The Labute approximate surface area is 117 Å². The summed E-state index contributed by atoms with van der Waals surface area (Å²) in [5, 5.41) is 8.71. The molecule has 0 aliphatic carbocycles. The first-order chi connectivity index (χ1) is 6.91. The van der Waals surface area contributed by atoms with Crippen LogP contribution in [0.1, 0.15) is 6.92 Å². The van der Waals surface area contributed by atoms with Gasteiger partial charge in [-0.3, -0.25) is 0 Å². The first-order valence-electron chi connectivity index (χ1n) is 4.22. The summed E-state index contributed by atoms with van der Waals surface area (Å²) in [5.41, 5.74) is 0.757. The van der Waals surface area contributed by atoms with E-state index in [-0.39, 0.29) is 38.3 Å². The second kappa shape index (κ2) is 6.25. The van der Waals surface area contributed by atoms with Crippen LogP contribution in [0.3, 0.4) is 0 Å². The molecule has 0 amide bonds. The Morgan fingerprint density at radius 2 is 2.25 bits per heavy atom. The molecule has 3 nitrogen and oxygen atoms in total. The number of alkyl halides is 2. The van der Waals surface area contributed by atoms with Crippen LogP contribution in [0, 0.1) is 6.20 Å². The largest absolute Gasteiger partial charge is 0.521 e. The third kappa shape index (κ3) is 3.79. The summed E-state index contributed by atoms with van der Waals surface area (Å²) in [6, 6.07) is 0. The summed E-state index contributed by atoms with van der Waals surface area (Å²) >= 11 is 0. The topological polar surface area (TPSA) is 40.5 Å². The first kappa shape index (κ1) is 15.5. The molecule has 1 rings (SSSR count). The number of allylic oxidation sites excluding steroid dienone is 1. The second-order valence-corrected chi connectivity index (χ2v) is 3.11. The van der Waals surface area contributed by atoms with Crippen molar-refractivity contribution in [2.45, 2.75) is 13.3 Å². The average molecular weight is 303 g/mol. The molecule has 0 saturated carbocycles. The Balaban J connectivity index is 0.00000225. The summed E-state index contributed by atoms with van der Waals surface area (Å²) in [7, 11) is 0. The van der Waals surface area contributed by atoms with Crippen LogP contribution in [0.15, 0.2) is 29.5 Å². The summed E-state index contributed by atoms with van der Waals surface area (Å²) in [4.78, 5) is 11.7. The average Bonchev–Trinajstić information content (AvgIpc) is 2.11. The van der Waals surface area contributed by atoms with Gasteiger partial charge in [-0.25, -0.2) is 8.78 Å². The summed E-state index contributed by atoms with van der Waals surface area (Å²) in [5.74, 6) is -1.19. The van der Waals surface area contributed by atoms with Crippen LogP contribution in [-0.4, -0.2) is 28.9 Å². The maximum absolute atomic E-state index is 12.1. The molecule has 0 saturated heterocycles. The molecule has 1 heterocycles. The molecule has 16 heavy (non-hydrogen) atoms. The maximum atomic E-state index is 12.1. The third-order valence-electron chi connectivity index (χ3n) is 1.95. The molecule has 0 aromatic heterocycles. The fraction of sp³-hybridized carbons (Fsp3) is 0.300. The standard InChI is InChI=1S/C10H10F2NO2.Y/c1-6-3-8(10(14)15)4-13(7(6)2)5-9(11)12;/h3,9H,2,5H2,1H3,(H,14,15);/q-1;. The van der Waals surface area contributed by atoms with Gasteiger partial charge in [0.1, 0.15) is 0 Å². The van der Waals surface area contributed by atoms with Crippen LogP contribution >= 0.6 is 0 Å². The predicted molar refractivity (Wildman–Crippen MR) is 50.0 cm³/mol. The number of rotatable bonds is 3. The molecule has 0 spiro atoms. The monoisotopic (exact) mass is 303 g/mol. The SMILES string of the molecule is C=C1C(C)=CC(C(=O)O)=[C-]N1CC(F)F.[Y]. The first-order valence-corrected chi connectivity index (χ1v) is 4.22. The van der Waals surface area contributed by atoms with E-state index in [1.165, 1.54) is 6.08 Å². The number of halogens is 2. The van der Waals surface area contributed by atoms with E-state index in [2.05, 4.69) is 12.8 Å². The van der Waals surface area contributed by atoms with Gasteiger partial charge in [0.15, 0.2) is 0 Å². The van der Waals surface area contributed by atoms with Crippen LogP contribution in [0.2, 0.25) is 0 Å². The molecule has 0 unspecified atom stereocenters. The molecule has 0 fully saturated rings. The van der Waals surface area contributed by atoms with Gasteiger partial charge in [0.2, 0.25) is 5.97 Å². The molecular weight excluding hydrogens is 293 g/mol. The number of carboxylic acid groups (broad SMARTS) is 1. The van der Waals surface area contributed by atoms with E-state index in [0.29, 0.717) is 11.3 Å². The minimum atomic E-state index is -2.56. The van der Waals surface area contributed by atoms with Gasteiger partial charge in [0, 0.05) is 32.7 Å². The Morgan fingerprint density at radius 3 is 2.69 bits per heavy atom. The van der Waals surface area contributed by atoms with Crippen LogP contribution in [0.25, 0.3) is 0 Å². The van der Waals surface area contributed by atoms with Crippen molar-refractivity contribution in [1.29, 1.82) is 0 Å². The minimum Gasteiger partial charge on any atom is -0.521 e. The zero-order chi connectivity index (χ0) is 11.6. The number of hydrogen-bond acceptors (Lipinski definition) is 2. The zero-order valence-electron chi connectivity index (χ0n) is 8.70. The van der Waals surface area contributed by atoms with Gasteiger partial charge in [0.05, 0.1) is 6.54 Å². The smallest absolute Gasteiger partial charge is 0.254 e. The van der Waals surface area contributed by atoms with E-state index >= 15 is 0 Å². The van der Waals surface area contributed by atoms with E-state index in [1.807, 2.05) is 0 Å². The number of nitrogens with zero attached hydrogens (tertiary/aromatic N) is 1. The van der Waals surface area contributed by atoms with E-state index in [1.54, 1.807) is 6.92 Å². The van der Waals surface area contributed by atoms with Crippen molar-refractivity contribution in [3.05, 3.63) is 35.7 Å². The van der Waals surface area contributed by atoms with E-state index < -0.39 is 18.9 Å². The molecule has 0 bridgehead atoms. The molecule has 1 aliphatic rings. The number of carboxylic acids is 1. The molecule has 0 atom stereocenters. The van der Waals surface area contributed by atoms with Gasteiger partial charge >= 0.3 is 0 Å². The van der Waals surface area contributed by atoms with Crippen molar-refractivity contribution < 1.29 is 51.4 Å². The van der Waals surface area contributed by atoms with Gasteiger partial charge in [-0.05, 0) is 11.3 Å². The van der Waals surface area contributed by atoms with Crippen LogP contribution in [0.5, 0.6) is 0 Å². The molecule has 85 valence electrons. The Hall–Kier alpha value is -0.546. The van der Waals surface area contributed by atoms with Gasteiger partial charge < -0.3 is 14.8 Å². The fourth-order valence-electron chi connectivity index (χ4n) is 1.16. The van der Waals surface area contributed by atoms with Crippen molar-refractivity contribution in [1.82, 2.24) is 4.90 Å². The number of hydrogen-bond donors (Lipinski definition) is 1. The molecule has 0 aromatic carbocycles.